The van der Waals surface area contributed by atoms with Crippen LogP contribution in [-0.2, 0) is 0 Å². The Morgan fingerprint density at radius 2 is 2.00 bits per heavy atom. The topological polar surface area (TPSA) is 56.9 Å². The van der Waals surface area contributed by atoms with Crippen LogP contribution in [0.3, 0.4) is 0 Å². The van der Waals surface area contributed by atoms with Gasteiger partial charge in [0, 0.05) is 51.5 Å². The molecule has 6 heteroatoms. The number of carbonyl (C=O) groups is 1. The predicted octanol–water partition coefficient (Wildman–Crippen LogP) is 2.99. The van der Waals surface area contributed by atoms with Gasteiger partial charge in [-0.15, -0.1) is 9.60 Å². The minimum atomic E-state index is -0.867. The third-order valence-corrected chi connectivity index (χ3v) is 4.96. The van der Waals surface area contributed by atoms with E-state index in [9.17, 15) is 9.90 Å². The standard InChI is InChI=1S/C17H23N3O3/c1-18(2)20(17(21)22,14-7-10-19(3)11-8-14)15-6-4-5-13-9-12-23-16(13)15/h4-6,9,12,14H,7-8,10-11H2,1-3H3/p+1. The van der Waals surface area contributed by atoms with Gasteiger partial charge in [0.25, 0.3) is 0 Å². The number of piperidine rings is 1. The molecule has 1 saturated heterocycles. The van der Waals surface area contributed by atoms with Crippen molar-refractivity contribution in [3.8, 4) is 0 Å². The zero-order chi connectivity index (χ0) is 16.6. The monoisotopic (exact) mass is 318 g/mol. The first-order chi connectivity index (χ1) is 11.0. The van der Waals surface area contributed by atoms with Crippen LogP contribution in [0.1, 0.15) is 12.8 Å². The molecule has 1 fully saturated rings. The molecule has 2 heterocycles. The molecule has 0 bridgehead atoms. The number of rotatable bonds is 3. The number of amides is 1. The molecule has 124 valence electrons. The Labute approximate surface area is 136 Å². The first-order valence-corrected chi connectivity index (χ1v) is 7.93. The number of carboxylic acid groups (broad SMARTS) is 1. The van der Waals surface area contributed by atoms with Gasteiger partial charge in [-0.3, -0.25) is 0 Å². The molecule has 3 rings (SSSR count). The molecule has 0 aliphatic carbocycles. The Hall–Kier alpha value is -1.89. The summed E-state index contributed by atoms with van der Waals surface area (Å²) in [6, 6.07) is 7.58. The number of hydrogen-bond donors (Lipinski definition) is 1. The Morgan fingerprint density at radius 1 is 1.30 bits per heavy atom. The lowest BCUT2D eigenvalue weighted by atomic mass is 10.0. The van der Waals surface area contributed by atoms with E-state index < -0.39 is 6.09 Å². The molecule has 6 nitrogen and oxygen atoms in total. The zero-order valence-corrected chi connectivity index (χ0v) is 13.9. The predicted molar refractivity (Wildman–Crippen MR) is 90.2 cm³/mol. The van der Waals surface area contributed by atoms with Gasteiger partial charge in [-0.05, 0) is 13.1 Å². The Morgan fingerprint density at radius 3 is 2.61 bits per heavy atom. The van der Waals surface area contributed by atoms with Gasteiger partial charge in [-0.25, -0.2) is 0 Å². The summed E-state index contributed by atoms with van der Waals surface area (Å²) >= 11 is 0. The molecule has 1 unspecified atom stereocenters. The highest BCUT2D eigenvalue weighted by Gasteiger charge is 2.52. The highest BCUT2D eigenvalue weighted by atomic mass is 16.4. The number of nitrogens with zero attached hydrogens (tertiary/aromatic N) is 3. The maximum atomic E-state index is 12.5. The lowest BCUT2D eigenvalue weighted by molar-refractivity contribution is -0.0136. The summed E-state index contributed by atoms with van der Waals surface area (Å²) in [6.07, 6.45) is 2.42. The van der Waals surface area contributed by atoms with Crippen molar-refractivity contribution >= 4 is 22.7 Å². The average Bonchev–Trinajstić information content (AvgIpc) is 2.98. The van der Waals surface area contributed by atoms with E-state index in [1.165, 1.54) is 0 Å². The molecule has 0 saturated carbocycles. The van der Waals surface area contributed by atoms with Crippen LogP contribution < -0.4 is 4.59 Å². The molecule has 0 spiro atoms. The van der Waals surface area contributed by atoms with Crippen LogP contribution in [0, 0.1) is 0 Å². The van der Waals surface area contributed by atoms with Crippen molar-refractivity contribution in [3.63, 3.8) is 0 Å². The van der Waals surface area contributed by atoms with Crippen LogP contribution in [-0.4, -0.2) is 61.4 Å². The van der Waals surface area contributed by atoms with Gasteiger partial charge < -0.3 is 14.4 Å². The first-order valence-electron chi connectivity index (χ1n) is 7.93. The summed E-state index contributed by atoms with van der Waals surface area (Å²) in [5.74, 6) is 0. The summed E-state index contributed by atoms with van der Waals surface area (Å²) in [7, 11) is 5.73. The third-order valence-electron chi connectivity index (χ3n) is 4.96. The van der Waals surface area contributed by atoms with Gasteiger partial charge in [0.2, 0.25) is 5.69 Å². The van der Waals surface area contributed by atoms with Crippen molar-refractivity contribution in [2.75, 3.05) is 34.2 Å². The molecule has 1 aliphatic heterocycles. The minimum absolute atomic E-state index is 0.0191. The number of furan rings is 1. The number of likely N-dealkylation sites (tertiary alicyclic amines) is 1. The van der Waals surface area contributed by atoms with E-state index in [0.29, 0.717) is 11.3 Å². The van der Waals surface area contributed by atoms with Gasteiger partial charge in [-0.1, -0.05) is 12.1 Å². The summed E-state index contributed by atoms with van der Waals surface area (Å²) in [6.45, 7) is 1.81. The molecule has 1 N–H and O–H groups in total. The fourth-order valence-corrected chi connectivity index (χ4v) is 3.78. The van der Waals surface area contributed by atoms with Crippen LogP contribution >= 0.6 is 0 Å². The molecule has 1 amide bonds. The highest BCUT2D eigenvalue weighted by molar-refractivity contribution is 5.94. The van der Waals surface area contributed by atoms with Gasteiger partial charge >= 0.3 is 6.09 Å². The van der Waals surface area contributed by atoms with Crippen molar-refractivity contribution < 1.29 is 14.3 Å². The van der Waals surface area contributed by atoms with Crippen molar-refractivity contribution in [1.29, 1.82) is 0 Å². The fourth-order valence-electron chi connectivity index (χ4n) is 3.78. The van der Waals surface area contributed by atoms with Crippen molar-refractivity contribution in [2.45, 2.75) is 18.9 Å². The summed E-state index contributed by atoms with van der Waals surface area (Å²) < 4.78 is 5.43. The summed E-state index contributed by atoms with van der Waals surface area (Å²) in [4.78, 5) is 14.7. The summed E-state index contributed by atoms with van der Waals surface area (Å²) in [5.41, 5.74) is 1.35. The van der Waals surface area contributed by atoms with Crippen LogP contribution in [0.4, 0.5) is 10.5 Å². The molecule has 23 heavy (non-hydrogen) atoms. The second kappa shape index (κ2) is 5.96. The lowest BCUT2D eigenvalue weighted by Gasteiger charge is -2.44. The largest absolute Gasteiger partial charge is 0.539 e. The quantitative estimate of drug-likeness (QED) is 0.696. The van der Waals surface area contributed by atoms with Gasteiger partial charge in [-0.2, -0.15) is 4.79 Å². The van der Waals surface area contributed by atoms with Crippen LogP contribution in [0.5, 0.6) is 0 Å². The zero-order valence-electron chi connectivity index (χ0n) is 13.9. The van der Waals surface area contributed by atoms with E-state index in [2.05, 4.69) is 11.9 Å². The Bertz CT molecular complexity index is 704. The van der Waals surface area contributed by atoms with Crippen LogP contribution in [0.15, 0.2) is 34.9 Å². The van der Waals surface area contributed by atoms with Gasteiger partial charge in [0.1, 0.15) is 6.04 Å². The molecule has 1 atom stereocenters. The second-order valence-corrected chi connectivity index (χ2v) is 6.47. The number of quaternary nitrogens is 1. The van der Waals surface area contributed by atoms with E-state index >= 15 is 0 Å². The van der Waals surface area contributed by atoms with Crippen molar-refractivity contribution in [1.82, 2.24) is 14.5 Å². The van der Waals surface area contributed by atoms with E-state index in [1.807, 2.05) is 38.4 Å². The molecule has 1 aromatic heterocycles. The number of benzene rings is 1. The fraction of sp³-hybridized carbons (Fsp3) is 0.471. The first kappa shape index (κ1) is 16.0. The maximum absolute atomic E-state index is 12.5. The van der Waals surface area contributed by atoms with Crippen molar-refractivity contribution in [3.05, 3.63) is 30.5 Å². The third kappa shape index (κ3) is 2.43. The molecule has 0 radical (unpaired) electrons. The molecule has 2 aromatic rings. The molecular formula is C17H24N3O3+. The van der Waals surface area contributed by atoms with Crippen molar-refractivity contribution in [2.24, 2.45) is 0 Å². The van der Waals surface area contributed by atoms with E-state index in [1.54, 1.807) is 11.3 Å². The van der Waals surface area contributed by atoms with E-state index in [0.717, 1.165) is 31.3 Å². The van der Waals surface area contributed by atoms with Gasteiger partial charge in [0.05, 0.1) is 6.26 Å². The Kier molecular flexibility index (Phi) is 4.14. The number of para-hydroxylation sites is 1. The summed E-state index contributed by atoms with van der Waals surface area (Å²) in [5, 5.41) is 13.0. The maximum Gasteiger partial charge on any atom is 0.539 e. The van der Waals surface area contributed by atoms with E-state index in [4.69, 9.17) is 4.42 Å². The molecular weight excluding hydrogens is 294 g/mol. The smallest absolute Gasteiger partial charge is 0.458 e. The van der Waals surface area contributed by atoms with Crippen LogP contribution in [0.25, 0.3) is 11.0 Å². The average molecular weight is 318 g/mol. The second-order valence-electron chi connectivity index (χ2n) is 6.47. The van der Waals surface area contributed by atoms with E-state index in [-0.39, 0.29) is 10.6 Å². The number of fused-ring (bicyclic) bond motifs is 1. The number of hydrogen-bond acceptors (Lipinski definition) is 4. The van der Waals surface area contributed by atoms with Crippen LogP contribution in [0.2, 0.25) is 0 Å². The molecule has 1 aliphatic rings. The lowest BCUT2D eigenvalue weighted by Crippen LogP contribution is -2.69. The molecule has 1 aromatic carbocycles. The van der Waals surface area contributed by atoms with Gasteiger partial charge in [0.15, 0.2) is 5.58 Å². The SMILES string of the molecule is CN1CCC([N+](C(=O)O)(c2cccc3ccoc23)N(C)C)CC1. The highest BCUT2D eigenvalue weighted by Crippen LogP contribution is 2.38. The minimum Gasteiger partial charge on any atom is -0.458 e. The normalized spacial score (nSPS) is 20.0. The Balaban J connectivity index is 2.19.